The number of alkyl carbamates (subject to hydrolysis) is 1. The number of rotatable bonds is 3. The Balaban J connectivity index is 1.83. The number of carbonyl (C=O) groups excluding carboxylic acids is 1. The first kappa shape index (κ1) is 9.76. The zero-order chi connectivity index (χ0) is 10.7. The Labute approximate surface area is 86.0 Å². The van der Waals surface area contributed by atoms with Gasteiger partial charge in [-0.1, -0.05) is 0 Å². The van der Waals surface area contributed by atoms with Crippen molar-refractivity contribution in [1.82, 2.24) is 5.32 Å². The van der Waals surface area contributed by atoms with Crippen molar-refractivity contribution in [1.29, 1.82) is 0 Å². The van der Waals surface area contributed by atoms with Crippen molar-refractivity contribution in [2.75, 3.05) is 13.2 Å². The predicted molar refractivity (Wildman–Crippen MR) is 50.2 cm³/mol. The van der Waals surface area contributed by atoms with Gasteiger partial charge in [0.05, 0.1) is 0 Å². The molecule has 1 aliphatic heterocycles. The van der Waals surface area contributed by atoms with Crippen LogP contribution in [0.3, 0.4) is 0 Å². The van der Waals surface area contributed by atoms with E-state index in [0.29, 0.717) is 19.0 Å². The number of amides is 1. The van der Waals surface area contributed by atoms with Gasteiger partial charge in [-0.15, -0.1) is 0 Å². The smallest absolute Gasteiger partial charge is 0.407 e. The average Bonchev–Trinajstić information content (AvgIpc) is 2.64. The zero-order valence-corrected chi connectivity index (χ0v) is 7.90. The van der Waals surface area contributed by atoms with Crippen LogP contribution in [0.5, 0.6) is 5.75 Å². The number of halogens is 1. The second-order valence-electron chi connectivity index (χ2n) is 3.20. The number of benzene rings is 1. The van der Waals surface area contributed by atoms with Crippen molar-refractivity contribution in [3.63, 3.8) is 0 Å². The van der Waals surface area contributed by atoms with Gasteiger partial charge in [-0.05, 0) is 24.3 Å². The summed E-state index contributed by atoms with van der Waals surface area (Å²) in [5, 5.41) is 2.58. The van der Waals surface area contributed by atoms with E-state index < -0.39 is 6.09 Å². The van der Waals surface area contributed by atoms with Gasteiger partial charge in [0.15, 0.2) is 0 Å². The summed E-state index contributed by atoms with van der Waals surface area (Å²) >= 11 is 0. The molecule has 0 radical (unpaired) electrons. The number of hydrogen-bond acceptors (Lipinski definition) is 3. The highest BCUT2D eigenvalue weighted by atomic mass is 19.1. The molecule has 1 saturated heterocycles. The summed E-state index contributed by atoms with van der Waals surface area (Å²) in [6.45, 7) is 0.622. The van der Waals surface area contributed by atoms with Gasteiger partial charge in [0.25, 0.3) is 0 Å². The third kappa shape index (κ3) is 2.59. The molecule has 0 spiro atoms. The molecule has 4 nitrogen and oxygen atoms in total. The molecule has 0 aromatic heterocycles. The Morgan fingerprint density at radius 2 is 2.20 bits per heavy atom. The SMILES string of the molecule is O=C1NC(COc2ccc(F)cc2)CO1. The van der Waals surface area contributed by atoms with Crippen molar-refractivity contribution in [2.45, 2.75) is 6.04 Å². The molecule has 1 unspecified atom stereocenters. The molecule has 0 aliphatic carbocycles. The number of hydrogen-bond donors (Lipinski definition) is 1. The summed E-state index contributed by atoms with van der Waals surface area (Å²) < 4.78 is 22.6. The second-order valence-corrected chi connectivity index (χ2v) is 3.20. The summed E-state index contributed by atoms with van der Waals surface area (Å²) in [5.41, 5.74) is 0. The van der Waals surface area contributed by atoms with Crippen LogP contribution in [0.15, 0.2) is 24.3 Å². The van der Waals surface area contributed by atoms with Crippen molar-refractivity contribution < 1.29 is 18.7 Å². The van der Waals surface area contributed by atoms with Crippen LogP contribution in [-0.2, 0) is 4.74 Å². The van der Waals surface area contributed by atoms with E-state index in [0.717, 1.165) is 0 Å². The maximum atomic E-state index is 12.5. The Bertz CT molecular complexity index is 352. The van der Waals surface area contributed by atoms with E-state index in [2.05, 4.69) is 10.1 Å². The summed E-state index contributed by atoms with van der Waals surface area (Å²) in [6, 6.07) is 5.57. The highest BCUT2D eigenvalue weighted by molar-refractivity contribution is 5.69. The number of carbonyl (C=O) groups is 1. The van der Waals surface area contributed by atoms with E-state index >= 15 is 0 Å². The molecule has 1 heterocycles. The number of nitrogens with one attached hydrogen (secondary N) is 1. The fraction of sp³-hybridized carbons (Fsp3) is 0.300. The van der Waals surface area contributed by atoms with E-state index in [1.807, 2.05) is 0 Å². The van der Waals surface area contributed by atoms with Gasteiger partial charge in [0.1, 0.15) is 30.8 Å². The van der Waals surface area contributed by atoms with Gasteiger partial charge in [-0.2, -0.15) is 0 Å². The standard InChI is InChI=1S/C10H10FNO3/c11-7-1-3-9(4-2-7)14-5-8-6-15-10(13)12-8/h1-4,8H,5-6H2,(H,12,13). The molecule has 1 aromatic carbocycles. The van der Waals surface area contributed by atoms with Gasteiger partial charge in [-0.25, -0.2) is 9.18 Å². The lowest BCUT2D eigenvalue weighted by Gasteiger charge is -2.09. The normalized spacial score (nSPS) is 19.5. The second kappa shape index (κ2) is 4.16. The Kier molecular flexibility index (Phi) is 2.71. The maximum absolute atomic E-state index is 12.5. The van der Waals surface area contributed by atoms with E-state index in [1.54, 1.807) is 0 Å². The summed E-state index contributed by atoms with van der Waals surface area (Å²) in [7, 11) is 0. The summed E-state index contributed by atoms with van der Waals surface area (Å²) in [6.07, 6.45) is -0.428. The molecule has 80 valence electrons. The minimum absolute atomic E-state index is 0.137. The van der Waals surface area contributed by atoms with E-state index in [-0.39, 0.29) is 11.9 Å². The Morgan fingerprint density at radius 3 is 2.80 bits per heavy atom. The lowest BCUT2D eigenvalue weighted by molar-refractivity contribution is 0.174. The van der Waals surface area contributed by atoms with Crippen LogP contribution in [0.4, 0.5) is 9.18 Å². The minimum Gasteiger partial charge on any atom is -0.491 e. The van der Waals surface area contributed by atoms with Crippen molar-refractivity contribution in [2.24, 2.45) is 0 Å². The monoisotopic (exact) mass is 211 g/mol. The fourth-order valence-corrected chi connectivity index (χ4v) is 1.24. The largest absolute Gasteiger partial charge is 0.491 e. The topological polar surface area (TPSA) is 47.6 Å². The molecule has 1 fully saturated rings. The van der Waals surface area contributed by atoms with Crippen LogP contribution in [0.1, 0.15) is 0 Å². The Morgan fingerprint density at radius 1 is 1.47 bits per heavy atom. The molecule has 5 heteroatoms. The molecule has 1 N–H and O–H groups in total. The lowest BCUT2D eigenvalue weighted by Crippen LogP contribution is -2.32. The molecule has 1 aliphatic rings. The first-order chi connectivity index (χ1) is 7.24. The third-order valence-corrected chi connectivity index (χ3v) is 2.00. The molecular formula is C10H10FNO3. The Hall–Kier alpha value is -1.78. The van der Waals surface area contributed by atoms with E-state index in [4.69, 9.17) is 4.74 Å². The summed E-state index contributed by atoms with van der Waals surface area (Å²) in [4.78, 5) is 10.7. The van der Waals surface area contributed by atoms with Crippen molar-refractivity contribution >= 4 is 6.09 Å². The molecule has 1 atom stereocenters. The molecule has 1 amide bonds. The molecule has 1 aromatic rings. The zero-order valence-electron chi connectivity index (χ0n) is 7.90. The third-order valence-electron chi connectivity index (χ3n) is 2.00. The van der Waals surface area contributed by atoms with Crippen LogP contribution < -0.4 is 10.1 Å². The highest BCUT2D eigenvalue weighted by Crippen LogP contribution is 2.11. The van der Waals surface area contributed by atoms with Crippen LogP contribution in [0, 0.1) is 5.82 Å². The van der Waals surface area contributed by atoms with Crippen molar-refractivity contribution in [3.8, 4) is 5.75 Å². The van der Waals surface area contributed by atoms with Gasteiger partial charge < -0.3 is 14.8 Å². The van der Waals surface area contributed by atoms with Crippen molar-refractivity contribution in [3.05, 3.63) is 30.1 Å². The first-order valence-corrected chi connectivity index (χ1v) is 4.56. The molecule has 15 heavy (non-hydrogen) atoms. The molecule has 0 bridgehead atoms. The van der Waals surface area contributed by atoms with E-state index in [1.165, 1.54) is 24.3 Å². The quantitative estimate of drug-likeness (QED) is 0.820. The predicted octanol–water partition coefficient (Wildman–Crippen LogP) is 1.31. The molecule has 2 rings (SSSR count). The minimum atomic E-state index is -0.428. The fourth-order valence-electron chi connectivity index (χ4n) is 1.24. The number of cyclic esters (lactones) is 1. The van der Waals surface area contributed by atoms with Crippen LogP contribution in [0.25, 0.3) is 0 Å². The van der Waals surface area contributed by atoms with E-state index in [9.17, 15) is 9.18 Å². The van der Waals surface area contributed by atoms with Gasteiger partial charge in [-0.3, -0.25) is 0 Å². The lowest BCUT2D eigenvalue weighted by atomic mass is 10.3. The highest BCUT2D eigenvalue weighted by Gasteiger charge is 2.22. The van der Waals surface area contributed by atoms with Gasteiger partial charge >= 0.3 is 6.09 Å². The molecule has 0 saturated carbocycles. The number of ether oxygens (including phenoxy) is 2. The van der Waals surface area contributed by atoms with Crippen LogP contribution in [-0.4, -0.2) is 25.3 Å². The first-order valence-electron chi connectivity index (χ1n) is 4.56. The molecular weight excluding hydrogens is 201 g/mol. The van der Waals surface area contributed by atoms with Gasteiger partial charge in [0, 0.05) is 0 Å². The van der Waals surface area contributed by atoms with Gasteiger partial charge in [0.2, 0.25) is 0 Å². The van der Waals surface area contributed by atoms with Crippen LogP contribution in [0.2, 0.25) is 0 Å². The maximum Gasteiger partial charge on any atom is 0.407 e. The average molecular weight is 211 g/mol. The summed E-state index contributed by atoms with van der Waals surface area (Å²) in [5.74, 6) is 0.261. The van der Waals surface area contributed by atoms with Crippen LogP contribution >= 0.6 is 0 Å².